The molecule has 0 unspecified atom stereocenters. The Morgan fingerprint density at radius 2 is 1.77 bits per heavy atom. The van der Waals surface area contributed by atoms with Gasteiger partial charge in [0, 0.05) is 36.6 Å². The number of carboxylic acid groups (broad SMARTS) is 1. The van der Waals surface area contributed by atoms with E-state index in [-0.39, 0.29) is 4.91 Å². The van der Waals surface area contributed by atoms with Gasteiger partial charge in [-0.3, -0.25) is 0 Å². The van der Waals surface area contributed by atoms with Crippen LogP contribution in [0.1, 0.15) is 23.9 Å². The van der Waals surface area contributed by atoms with Crippen molar-refractivity contribution in [3.05, 3.63) is 46.1 Å². The Bertz CT molecular complexity index is 1120. The van der Waals surface area contributed by atoms with E-state index in [0.29, 0.717) is 29.0 Å². The highest BCUT2D eigenvalue weighted by Gasteiger charge is 2.20. The van der Waals surface area contributed by atoms with Crippen molar-refractivity contribution in [3.63, 3.8) is 0 Å². The van der Waals surface area contributed by atoms with Gasteiger partial charge in [0.1, 0.15) is 16.4 Å². The Labute approximate surface area is 185 Å². The number of aromatic nitrogens is 4. The Kier molecular flexibility index (Phi) is 6.74. The van der Waals surface area contributed by atoms with E-state index >= 15 is 0 Å². The van der Waals surface area contributed by atoms with Crippen molar-refractivity contribution in [2.45, 2.75) is 32.5 Å². The average molecular weight is 443 g/mol. The minimum absolute atomic E-state index is 0.172. The lowest BCUT2D eigenvalue weighted by atomic mass is 10.2. The number of thioether (sulfide) groups is 1. The summed E-state index contributed by atoms with van der Waals surface area (Å²) >= 11 is 1.08. The molecule has 3 aromatic rings. The van der Waals surface area contributed by atoms with E-state index in [1.807, 2.05) is 55.2 Å². The van der Waals surface area contributed by atoms with E-state index in [0.717, 1.165) is 34.3 Å². The van der Waals surface area contributed by atoms with Gasteiger partial charge in [0.25, 0.3) is 0 Å². The molecule has 8 nitrogen and oxygen atoms in total. The van der Waals surface area contributed by atoms with Crippen molar-refractivity contribution in [3.8, 4) is 22.9 Å². The molecule has 164 valence electrons. The topological polar surface area (TPSA) is 91.4 Å². The molecule has 0 saturated heterocycles. The van der Waals surface area contributed by atoms with Crippen LogP contribution in [-0.4, -0.2) is 44.6 Å². The first-order valence-corrected chi connectivity index (χ1v) is 10.5. The largest absolute Gasteiger partial charge is 0.497 e. The zero-order chi connectivity index (χ0) is 22.7. The lowest BCUT2D eigenvalue weighted by Crippen LogP contribution is -2.03. The van der Waals surface area contributed by atoms with E-state index < -0.39 is 5.97 Å². The highest BCUT2D eigenvalue weighted by molar-refractivity contribution is 8.04. The molecule has 0 fully saturated rings. The minimum atomic E-state index is -1.01. The summed E-state index contributed by atoms with van der Waals surface area (Å²) in [5, 5.41) is 18.9. The molecule has 1 N–H and O–H groups in total. The Balaban J connectivity index is 2.02. The predicted molar refractivity (Wildman–Crippen MR) is 121 cm³/mol. The van der Waals surface area contributed by atoms with Crippen LogP contribution < -0.4 is 9.47 Å². The number of rotatable bonds is 8. The van der Waals surface area contributed by atoms with Crippen LogP contribution in [0.5, 0.6) is 11.5 Å². The quantitative estimate of drug-likeness (QED) is 0.414. The Hall–Kier alpha value is -3.20. The van der Waals surface area contributed by atoms with E-state index in [1.165, 1.54) is 0 Å². The van der Waals surface area contributed by atoms with Crippen LogP contribution in [0.2, 0.25) is 0 Å². The van der Waals surface area contributed by atoms with Gasteiger partial charge in [-0.25, -0.2) is 4.79 Å². The van der Waals surface area contributed by atoms with Crippen LogP contribution in [0.25, 0.3) is 17.5 Å². The summed E-state index contributed by atoms with van der Waals surface area (Å²) in [6.07, 6.45) is 1.68. The van der Waals surface area contributed by atoms with E-state index in [1.54, 1.807) is 26.4 Å². The van der Waals surface area contributed by atoms with Crippen molar-refractivity contribution >= 4 is 23.8 Å². The van der Waals surface area contributed by atoms with Gasteiger partial charge in [-0.1, -0.05) is 0 Å². The van der Waals surface area contributed by atoms with E-state index in [9.17, 15) is 9.90 Å². The third kappa shape index (κ3) is 4.61. The first kappa shape index (κ1) is 22.5. The van der Waals surface area contributed by atoms with Gasteiger partial charge in [0.15, 0.2) is 11.0 Å². The third-order valence-electron chi connectivity index (χ3n) is 5.16. The number of ether oxygens (including phenoxy) is 2. The summed E-state index contributed by atoms with van der Waals surface area (Å²) in [4.78, 5) is 12.1. The number of methoxy groups -OCH3 is 2. The molecule has 0 spiro atoms. The normalized spacial score (nSPS) is 11.6. The van der Waals surface area contributed by atoms with Crippen LogP contribution in [0.3, 0.4) is 0 Å². The molecule has 0 atom stereocenters. The number of nitrogens with zero attached hydrogens (tertiary/aromatic N) is 4. The zero-order valence-corrected chi connectivity index (χ0v) is 19.3. The summed E-state index contributed by atoms with van der Waals surface area (Å²) < 4.78 is 14.6. The van der Waals surface area contributed by atoms with Gasteiger partial charge in [0.05, 0.1) is 14.2 Å². The van der Waals surface area contributed by atoms with Crippen LogP contribution in [-0.2, 0) is 18.4 Å². The van der Waals surface area contributed by atoms with E-state index in [4.69, 9.17) is 9.47 Å². The van der Waals surface area contributed by atoms with Gasteiger partial charge in [-0.05, 0) is 62.4 Å². The molecule has 31 heavy (non-hydrogen) atoms. The van der Waals surface area contributed by atoms with Gasteiger partial charge >= 0.3 is 5.97 Å². The maximum atomic E-state index is 12.0. The second kappa shape index (κ2) is 9.30. The number of aryl methyl sites for hydroxylation is 1. The second-order valence-electron chi connectivity index (χ2n) is 6.95. The smallest absolute Gasteiger partial charge is 0.342 e. The molecule has 0 aliphatic rings. The molecule has 2 aromatic heterocycles. The Morgan fingerprint density at radius 3 is 2.26 bits per heavy atom. The maximum absolute atomic E-state index is 12.0. The number of carbonyl (C=O) groups is 1. The van der Waals surface area contributed by atoms with E-state index in [2.05, 4.69) is 10.2 Å². The molecule has 0 aliphatic carbocycles. The second-order valence-corrected chi connectivity index (χ2v) is 7.96. The van der Waals surface area contributed by atoms with Gasteiger partial charge < -0.3 is 23.7 Å². The summed E-state index contributed by atoms with van der Waals surface area (Å²) in [6.45, 7) is 6.48. The van der Waals surface area contributed by atoms with Crippen molar-refractivity contribution in [1.29, 1.82) is 0 Å². The Morgan fingerprint density at radius 1 is 1.13 bits per heavy atom. The predicted octanol–water partition coefficient (Wildman–Crippen LogP) is 4.16. The molecule has 3 rings (SSSR count). The zero-order valence-electron chi connectivity index (χ0n) is 18.5. The lowest BCUT2D eigenvalue weighted by Gasteiger charge is -2.10. The fraction of sp³-hybridized carbons (Fsp3) is 0.318. The van der Waals surface area contributed by atoms with Crippen molar-refractivity contribution < 1.29 is 19.4 Å². The minimum Gasteiger partial charge on any atom is -0.497 e. The molecule has 0 amide bonds. The SMILES string of the molecule is CCn1c(S/C(=C\c2cc(C)n(C)c2C)C(=O)O)nnc1-c1cc(OC)cc(OC)c1. The number of benzene rings is 1. The van der Waals surface area contributed by atoms with Gasteiger partial charge in [-0.2, -0.15) is 0 Å². The number of carboxylic acids is 1. The maximum Gasteiger partial charge on any atom is 0.342 e. The van der Waals surface area contributed by atoms with Crippen molar-refractivity contribution in [1.82, 2.24) is 19.3 Å². The van der Waals surface area contributed by atoms with Crippen molar-refractivity contribution in [2.24, 2.45) is 7.05 Å². The molecular weight excluding hydrogens is 416 g/mol. The molecular formula is C22H26N4O4S. The lowest BCUT2D eigenvalue weighted by molar-refractivity contribution is -0.131. The fourth-order valence-corrected chi connectivity index (χ4v) is 4.08. The van der Waals surface area contributed by atoms with Gasteiger partial charge in [-0.15, -0.1) is 10.2 Å². The van der Waals surface area contributed by atoms with Crippen LogP contribution in [0.4, 0.5) is 0 Å². The van der Waals surface area contributed by atoms with Crippen molar-refractivity contribution in [2.75, 3.05) is 14.2 Å². The molecule has 0 bridgehead atoms. The van der Waals surface area contributed by atoms with Gasteiger partial charge in [0.2, 0.25) is 0 Å². The van der Waals surface area contributed by atoms with Crippen LogP contribution >= 0.6 is 11.8 Å². The molecule has 9 heteroatoms. The fourth-order valence-electron chi connectivity index (χ4n) is 3.20. The van der Waals surface area contributed by atoms with Crippen LogP contribution in [0.15, 0.2) is 34.3 Å². The number of aliphatic carboxylic acids is 1. The highest BCUT2D eigenvalue weighted by atomic mass is 32.2. The first-order valence-electron chi connectivity index (χ1n) is 9.71. The number of hydrogen-bond donors (Lipinski definition) is 1. The first-order chi connectivity index (χ1) is 14.8. The summed E-state index contributed by atoms with van der Waals surface area (Å²) in [5.41, 5.74) is 3.69. The monoisotopic (exact) mass is 442 g/mol. The average Bonchev–Trinajstić information content (AvgIpc) is 3.28. The standard InChI is InChI=1S/C22H26N4O4S/c1-7-26-20(16-9-17(29-5)12-18(10-16)30-6)23-24-22(26)31-19(21(27)28)11-15-8-13(2)25(4)14(15)3/h8-12H,7H2,1-6H3,(H,27,28)/b19-11-. The molecule has 0 radical (unpaired) electrons. The number of hydrogen-bond acceptors (Lipinski definition) is 6. The molecule has 0 saturated carbocycles. The third-order valence-corrected chi connectivity index (χ3v) is 6.15. The summed E-state index contributed by atoms with van der Waals surface area (Å²) in [6, 6.07) is 7.44. The van der Waals surface area contributed by atoms with Crippen LogP contribution in [0, 0.1) is 13.8 Å². The molecule has 1 aromatic carbocycles. The highest BCUT2D eigenvalue weighted by Crippen LogP contribution is 2.33. The molecule has 2 heterocycles. The molecule has 0 aliphatic heterocycles. The summed E-state index contributed by atoms with van der Waals surface area (Å²) in [7, 11) is 5.13. The summed E-state index contributed by atoms with van der Waals surface area (Å²) in [5.74, 6) is 0.866.